The molecule has 1 fully saturated rings. The maximum Gasteiger partial charge on any atom is 0.221 e. The van der Waals surface area contributed by atoms with E-state index in [1.54, 1.807) is 5.43 Å². The highest BCUT2D eigenvalue weighted by molar-refractivity contribution is 5.44. The van der Waals surface area contributed by atoms with E-state index in [1.165, 1.54) is 32.6 Å². The van der Waals surface area contributed by atoms with Gasteiger partial charge in [-0.3, -0.25) is 14.6 Å². The average Bonchev–Trinajstić information content (AvgIpc) is 2.06. The van der Waals surface area contributed by atoms with E-state index in [4.69, 9.17) is 4.79 Å². The van der Waals surface area contributed by atoms with Crippen LogP contribution in [0.5, 0.6) is 0 Å². The molecule has 0 bridgehead atoms. The molecule has 0 radical (unpaired) electrons. The van der Waals surface area contributed by atoms with Crippen molar-refractivity contribution in [3.8, 4) is 0 Å². The highest BCUT2D eigenvalue weighted by Crippen LogP contribution is 2.15. The average molecular weight is 194 g/mol. The maximum atomic E-state index is 10.3. The SMILES string of the molecule is C1CCC1.CC.CCF.NNC=O. The molecule has 1 saturated carbocycles. The van der Waals surface area contributed by atoms with E-state index in [9.17, 15) is 4.39 Å². The van der Waals surface area contributed by atoms with Gasteiger partial charge in [0, 0.05) is 0 Å². The van der Waals surface area contributed by atoms with Crippen LogP contribution in [0.15, 0.2) is 0 Å². The van der Waals surface area contributed by atoms with E-state index >= 15 is 0 Å². The van der Waals surface area contributed by atoms with Crippen molar-refractivity contribution in [2.24, 2.45) is 5.84 Å². The lowest BCUT2D eigenvalue weighted by Gasteiger charge is -2.05. The van der Waals surface area contributed by atoms with Crippen LogP contribution in [0.4, 0.5) is 4.39 Å². The number of nitrogens with one attached hydrogen (secondary N) is 1. The van der Waals surface area contributed by atoms with Crippen molar-refractivity contribution >= 4 is 6.41 Å². The van der Waals surface area contributed by atoms with Crippen LogP contribution >= 0.6 is 0 Å². The molecule has 1 aliphatic carbocycles. The molecule has 0 aromatic rings. The molecular weight excluding hydrogens is 171 g/mol. The number of hydrogen-bond donors (Lipinski definition) is 2. The summed E-state index contributed by atoms with van der Waals surface area (Å²) < 4.78 is 10.3. The molecule has 1 aliphatic rings. The molecular formula is C9H23FN2O. The van der Waals surface area contributed by atoms with E-state index in [1.807, 2.05) is 13.8 Å². The third kappa shape index (κ3) is 52.4. The second kappa shape index (κ2) is 30.1. The molecule has 3 nitrogen and oxygen atoms in total. The van der Waals surface area contributed by atoms with Crippen molar-refractivity contribution in [3.05, 3.63) is 0 Å². The van der Waals surface area contributed by atoms with Crippen LogP contribution in [0.3, 0.4) is 0 Å². The molecule has 0 aromatic heterocycles. The zero-order chi connectivity index (χ0) is 10.9. The lowest BCUT2D eigenvalue weighted by molar-refractivity contribution is -0.109. The fraction of sp³-hybridized carbons (Fsp3) is 0.889. The van der Waals surface area contributed by atoms with Crippen LogP contribution in [0.25, 0.3) is 0 Å². The first-order valence-corrected chi connectivity index (χ1v) is 4.79. The number of carbonyl (C=O) groups is 1. The van der Waals surface area contributed by atoms with Crippen molar-refractivity contribution in [3.63, 3.8) is 0 Å². The van der Waals surface area contributed by atoms with Crippen LogP contribution in [0.1, 0.15) is 46.5 Å². The molecule has 0 heterocycles. The number of carbonyl (C=O) groups excluding carboxylic acids is 1. The van der Waals surface area contributed by atoms with Crippen LogP contribution in [-0.4, -0.2) is 13.1 Å². The Kier molecular flexibility index (Phi) is 42.2. The van der Waals surface area contributed by atoms with Gasteiger partial charge in [0.25, 0.3) is 0 Å². The quantitative estimate of drug-likeness (QED) is 0.291. The number of nitrogens with two attached hydrogens (primary N) is 1. The van der Waals surface area contributed by atoms with Gasteiger partial charge in [-0.1, -0.05) is 39.5 Å². The van der Waals surface area contributed by atoms with Crippen LogP contribution in [-0.2, 0) is 4.79 Å². The van der Waals surface area contributed by atoms with Crippen LogP contribution < -0.4 is 11.3 Å². The van der Waals surface area contributed by atoms with Crippen LogP contribution in [0, 0.1) is 0 Å². The first-order chi connectivity index (χ1) is 6.33. The summed E-state index contributed by atoms with van der Waals surface area (Å²) in [6.07, 6.45) is 6.40. The predicted molar refractivity (Wildman–Crippen MR) is 54.9 cm³/mol. The summed E-state index contributed by atoms with van der Waals surface area (Å²) in [6.45, 7) is 5.21. The minimum absolute atomic E-state index is 0.250. The maximum absolute atomic E-state index is 10.3. The smallest absolute Gasteiger partial charge is 0.221 e. The highest BCUT2D eigenvalue weighted by Gasteiger charge is 1.95. The van der Waals surface area contributed by atoms with E-state index in [2.05, 4.69) is 5.84 Å². The molecule has 82 valence electrons. The number of alkyl halides is 1. The molecule has 1 amide bonds. The summed E-state index contributed by atoms with van der Waals surface area (Å²) in [5, 5.41) is 0. The van der Waals surface area contributed by atoms with E-state index in [0.29, 0.717) is 6.41 Å². The summed E-state index contributed by atoms with van der Waals surface area (Å²) in [5.41, 5.74) is 1.75. The summed E-state index contributed by atoms with van der Waals surface area (Å²) in [5.74, 6) is 4.41. The molecule has 0 unspecified atom stereocenters. The molecule has 0 aliphatic heterocycles. The largest absolute Gasteiger partial charge is 0.297 e. The Labute approximate surface area is 80.9 Å². The number of hydrazine groups is 1. The van der Waals surface area contributed by atoms with E-state index in [0.717, 1.165) is 0 Å². The third-order valence-electron chi connectivity index (χ3n) is 1.07. The van der Waals surface area contributed by atoms with Gasteiger partial charge in [-0.25, -0.2) is 5.84 Å². The lowest BCUT2D eigenvalue weighted by atomic mass is 10.0. The minimum atomic E-state index is -0.250. The van der Waals surface area contributed by atoms with Gasteiger partial charge < -0.3 is 0 Å². The van der Waals surface area contributed by atoms with Crippen molar-refractivity contribution in [2.75, 3.05) is 6.67 Å². The van der Waals surface area contributed by atoms with Gasteiger partial charge in [0.1, 0.15) is 0 Å². The van der Waals surface area contributed by atoms with Gasteiger partial charge in [-0.15, -0.1) is 0 Å². The summed E-state index contributed by atoms with van der Waals surface area (Å²) in [4.78, 5) is 8.94. The highest BCUT2D eigenvalue weighted by atomic mass is 19.1. The first kappa shape index (κ1) is 18.2. The minimum Gasteiger partial charge on any atom is -0.297 e. The van der Waals surface area contributed by atoms with E-state index in [-0.39, 0.29) is 6.67 Å². The summed E-state index contributed by atoms with van der Waals surface area (Å²) in [6, 6.07) is 0. The standard InChI is InChI=1S/C4H8.C2H5F.C2H6.CH4N2O/c1-2-4-3-1;1-2-3;1-2;2-3-1-4/h1-4H2;2H2,1H3;1-2H3;1H,2H2,(H,3,4). The van der Waals surface area contributed by atoms with Gasteiger partial charge in [-0.2, -0.15) is 0 Å². The Morgan fingerprint density at radius 2 is 1.46 bits per heavy atom. The third-order valence-corrected chi connectivity index (χ3v) is 1.07. The van der Waals surface area contributed by atoms with Crippen LogP contribution in [0.2, 0.25) is 0 Å². The number of rotatable bonds is 1. The second-order valence-corrected chi connectivity index (χ2v) is 1.97. The summed E-state index contributed by atoms with van der Waals surface area (Å²) in [7, 11) is 0. The Balaban J connectivity index is -0.000000107. The normalized spacial score (nSPS) is 10.8. The number of halogens is 1. The molecule has 0 saturated heterocycles. The molecule has 0 spiro atoms. The first-order valence-electron chi connectivity index (χ1n) is 4.79. The van der Waals surface area contributed by atoms with Gasteiger partial charge in [-0.05, 0) is 6.92 Å². The Morgan fingerprint density at radius 1 is 1.31 bits per heavy atom. The van der Waals surface area contributed by atoms with E-state index < -0.39 is 0 Å². The summed E-state index contributed by atoms with van der Waals surface area (Å²) >= 11 is 0. The zero-order valence-corrected chi connectivity index (χ0v) is 8.98. The Morgan fingerprint density at radius 3 is 1.46 bits per heavy atom. The number of amides is 1. The lowest BCUT2D eigenvalue weighted by Crippen LogP contribution is -2.18. The second-order valence-electron chi connectivity index (χ2n) is 1.97. The molecule has 1 rings (SSSR count). The predicted octanol–water partition coefficient (Wildman–Crippen LogP) is 2.17. The molecule has 0 aromatic carbocycles. The molecule has 3 N–H and O–H groups in total. The fourth-order valence-corrected chi connectivity index (χ4v) is 0.250. The Hall–Kier alpha value is -0.640. The topological polar surface area (TPSA) is 55.1 Å². The molecule has 13 heavy (non-hydrogen) atoms. The molecule has 0 atom stereocenters. The Bertz CT molecular complexity index is 64.6. The van der Waals surface area contributed by atoms with Gasteiger partial charge in [0.05, 0.1) is 6.67 Å². The van der Waals surface area contributed by atoms with Crippen molar-refractivity contribution < 1.29 is 9.18 Å². The zero-order valence-electron chi connectivity index (χ0n) is 8.98. The van der Waals surface area contributed by atoms with Gasteiger partial charge in [0.15, 0.2) is 0 Å². The monoisotopic (exact) mass is 194 g/mol. The van der Waals surface area contributed by atoms with Crippen molar-refractivity contribution in [1.29, 1.82) is 0 Å². The molecule has 4 heteroatoms. The van der Waals surface area contributed by atoms with Crippen molar-refractivity contribution in [1.82, 2.24) is 5.43 Å². The van der Waals surface area contributed by atoms with Gasteiger partial charge >= 0.3 is 0 Å². The van der Waals surface area contributed by atoms with Crippen molar-refractivity contribution in [2.45, 2.75) is 46.5 Å². The fourth-order valence-electron chi connectivity index (χ4n) is 0.250. The van der Waals surface area contributed by atoms with Gasteiger partial charge in [0.2, 0.25) is 6.41 Å². The number of hydrogen-bond acceptors (Lipinski definition) is 2.